The fourth-order valence-electron chi connectivity index (χ4n) is 4.43. The maximum atomic E-state index is 7.42. The summed E-state index contributed by atoms with van der Waals surface area (Å²) < 4.78 is 7.42. The summed E-state index contributed by atoms with van der Waals surface area (Å²) in [7, 11) is 0. The fourth-order valence-corrected chi connectivity index (χ4v) is 19.8. The molecule has 0 radical (unpaired) electrons. The zero-order chi connectivity index (χ0) is 25.8. The molecular formula is C32H36OP2Se2. The van der Waals surface area contributed by atoms with Crippen LogP contribution in [0.1, 0.15) is 22.3 Å². The van der Waals surface area contributed by atoms with Gasteiger partial charge in [-0.1, -0.05) is 0 Å². The Morgan fingerprint density at radius 1 is 0.378 bits per heavy atom. The van der Waals surface area contributed by atoms with Crippen molar-refractivity contribution in [2.45, 2.75) is 25.7 Å². The molecule has 0 aliphatic carbocycles. The van der Waals surface area contributed by atoms with Crippen molar-refractivity contribution >= 4 is 41.7 Å². The van der Waals surface area contributed by atoms with Gasteiger partial charge in [0, 0.05) is 0 Å². The Morgan fingerprint density at radius 2 is 0.595 bits per heavy atom. The summed E-state index contributed by atoms with van der Waals surface area (Å²) in [5.41, 5.74) is 2.02. The molecule has 37 heavy (non-hydrogen) atoms. The van der Waals surface area contributed by atoms with Crippen LogP contribution in [-0.2, 0) is 30.0 Å². The topological polar surface area (TPSA) is 9.23 Å². The summed E-state index contributed by atoms with van der Waals surface area (Å²) in [6.45, 7) is 0. The molecule has 1 nitrogen and oxygen atoms in total. The first-order valence-electron chi connectivity index (χ1n) is 13.1. The first-order chi connectivity index (χ1) is 18.0. The van der Waals surface area contributed by atoms with Crippen molar-refractivity contribution in [1.29, 1.82) is 0 Å². The van der Waals surface area contributed by atoms with Gasteiger partial charge in [-0.15, -0.1) is 0 Å². The van der Waals surface area contributed by atoms with Crippen LogP contribution in [0.25, 0.3) is 0 Å². The quantitative estimate of drug-likeness (QED) is 0.0988. The Hall–Kier alpha value is -1.26. The molecule has 5 heteroatoms. The number of aryl methyl sites for hydroxylation is 4. The van der Waals surface area contributed by atoms with Gasteiger partial charge in [0.05, 0.1) is 0 Å². The van der Waals surface area contributed by atoms with Crippen LogP contribution >= 0.6 is 11.5 Å². The van der Waals surface area contributed by atoms with E-state index in [9.17, 15) is 0 Å². The second-order valence-electron chi connectivity index (χ2n) is 9.55. The van der Waals surface area contributed by atoms with E-state index in [0.29, 0.717) is 0 Å². The third kappa shape index (κ3) is 10.1. The molecule has 4 rings (SSSR count). The van der Waals surface area contributed by atoms with Crippen LogP contribution in [0.2, 0.25) is 0 Å². The van der Waals surface area contributed by atoms with Crippen LogP contribution < -0.4 is 0 Å². The van der Waals surface area contributed by atoms with Crippen molar-refractivity contribution in [3.05, 3.63) is 144 Å². The van der Waals surface area contributed by atoms with E-state index in [-0.39, 0.29) is 0 Å². The zero-order valence-corrected chi connectivity index (χ0v) is 26.5. The Labute approximate surface area is 238 Å². The predicted octanol–water partition coefficient (Wildman–Crippen LogP) is 8.01. The van der Waals surface area contributed by atoms with Gasteiger partial charge in [0.25, 0.3) is 0 Å². The van der Waals surface area contributed by atoms with E-state index in [0.717, 1.165) is 50.3 Å². The average molecular weight is 657 g/mol. The second kappa shape index (κ2) is 14.8. The average Bonchev–Trinajstić information content (AvgIpc) is 2.95. The van der Waals surface area contributed by atoms with Crippen LogP contribution in [0.3, 0.4) is 0 Å². The number of hydrogen-bond acceptors (Lipinski definition) is 1. The monoisotopic (exact) mass is 658 g/mol. The van der Waals surface area contributed by atoms with Gasteiger partial charge in [-0.2, -0.15) is 0 Å². The first-order valence-corrected chi connectivity index (χ1v) is 21.6. The summed E-state index contributed by atoms with van der Waals surface area (Å²) >= 11 is 7.36. The first kappa shape index (κ1) is 28.7. The molecule has 0 aliphatic heterocycles. The van der Waals surface area contributed by atoms with Crippen LogP contribution in [0.15, 0.2) is 121 Å². The number of hydrogen-bond donors (Lipinski definition) is 0. The summed E-state index contributed by atoms with van der Waals surface area (Å²) in [5, 5.41) is 0. The number of rotatable bonds is 14. The molecule has 0 fully saturated rings. The molecular weight excluding hydrogens is 620 g/mol. The SMILES string of the molecule is [Se]=P(CCc1ccccc1)(CCc1ccccc1)OP(=[Se])(CCc1ccccc1)CCc1ccccc1. The van der Waals surface area contributed by atoms with E-state index >= 15 is 0 Å². The molecule has 0 spiro atoms. The van der Waals surface area contributed by atoms with Crippen molar-refractivity contribution in [3.8, 4) is 0 Å². The summed E-state index contributed by atoms with van der Waals surface area (Å²) in [5.74, 6) is 0. The van der Waals surface area contributed by atoms with Crippen molar-refractivity contribution in [2.75, 3.05) is 24.6 Å². The van der Waals surface area contributed by atoms with Crippen molar-refractivity contribution in [3.63, 3.8) is 0 Å². The molecule has 0 bridgehead atoms. The number of benzene rings is 4. The van der Waals surface area contributed by atoms with Gasteiger partial charge in [0.2, 0.25) is 0 Å². The van der Waals surface area contributed by atoms with Crippen LogP contribution in [-0.4, -0.2) is 54.8 Å². The Morgan fingerprint density at radius 3 is 0.811 bits per heavy atom. The summed E-state index contributed by atoms with van der Waals surface area (Å²) in [4.78, 5) is 0. The molecule has 0 N–H and O–H groups in total. The third-order valence-corrected chi connectivity index (χ3v) is 19.7. The van der Waals surface area contributed by atoms with E-state index in [2.05, 4.69) is 152 Å². The van der Waals surface area contributed by atoms with Gasteiger partial charge >= 0.3 is 240 Å². The molecule has 0 aromatic heterocycles. The fraction of sp³-hybridized carbons (Fsp3) is 0.250. The Balaban J connectivity index is 1.54. The molecule has 192 valence electrons. The standard InChI is InChI=1S/C32H36OP2Se2/c36-34(25-21-29-13-5-1-6-14-29,26-22-30-15-7-2-8-16-30)33-35(37,27-23-31-17-9-3-10-18-31)28-24-32-19-11-4-12-20-32/h1-20H,21-28H2. The van der Waals surface area contributed by atoms with Gasteiger partial charge in [0.1, 0.15) is 0 Å². The van der Waals surface area contributed by atoms with Gasteiger partial charge in [0.15, 0.2) is 0 Å². The van der Waals surface area contributed by atoms with Crippen molar-refractivity contribution < 1.29 is 4.31 Å². The molecule has 0 saturated carbocycles. The van der Waals surface area contributed by atoms with Crippen molar-refractivity contribution in [1.82, 2.24) is 0 Å². The second-order valence-corrected chi connectivity index (χ2v) is 23.6. The van der Waals surface area contributed by atoms with E-state index in [1.807, 2.05) is 0 Å². The molecule has 0 unspecified atom stereocenters. The van der Waals surface area contributed by atoms with E-state index in [1.165, 1.54) is 22.3 Å². The van der Waals surface area contributed by atoms with Crippen LogP contribution in [0, 0.1) is 0 Å². The molecule has 4 aromatic carbocycles. The maximum absolute atomic E-state index is 7.42. The Kier molecular flexibility index (Phi) is 11.5. The van der Waals surface area contributed by atoms with E-state index < -0.39 is 11.5 Å². The molecule has 0 aliphatic rings. The predicted molar refractivity (Wildman–Crippen MR) is 166 cm³/mol. The minimum atomic E-state index is -1.77. The molecule has 0 saturated heterocycles. The van der Waals surface area contributed by atoms with Gasteiger partial charge < -0.3 is 0 Å². The molecule has 0 heterocycles. The van der Waals surface area contributed by atoms with Crippen LogP contribution in [0.5, 0.6) is 0 Å². The summed E-state index contributed by atoms with van der Waals surface area (Å²) in [6, 6.07) is 43.5. The van der Waals surface area contributed by atoms with E-state index in [1.54, 1.807) is 0 Å². The third-order valence-electron chi connectivity index (χ3n) is 6.63. The normalized spacial score (nSPS) is 11.9. The van der Waals surface area contributed by atoms with Gasteiger partial charge in [-0.25, -0.2) is 0 Å². The van der Waals surface area contributed by atoms with Crippen LogP contribution in [0.4, 0.5) is 0 Å². The Bertz CT molecular complexity index is 1100. The van der Waals surface area contributed by atoms with Gasteiger partial charge in [-0.3, -0.25) is 0 Å². The molecule has 0 atom stereocenters. The summed E-state index contributed by atoms with van der Waals surface area (Å²) in [6.07, 6.45) is 8.49. The molecule has 0 amide bonds. The molecule has 4 aromatic rings. The zero-order valence-electron chi connectivity index (χ0n) is 21.3. The minimum absolute atomic E-state index is 1.05. The van der Waals surface area contributed by atoms with E-state index in [4.69, 9.17) is 4.31 Å². The van der Waals surface area contributed by atoms with Gasteiger partial charge in [-0.05, 0) is 0 Å². The van der Waals surface area contributed by atoms with Crippen molar-refractivity contribution in [2.24, 2.45) is 0 Å².